The van der Waals surface area contributed by atoms with Crippen molar-refractivity contribution in [3.8, 4) is 5.75 Å². The van der Waals surface area contributed by atoms with Crippen molar-refractivity contribution in [1.29, 1.82) is 0 Å². The fourth-order valence-electron chi connectivity index (χ4n) is 2.52. The standard InChI is InChI=1S/C15H15FN2O5S/c16-9-3-4-12-10(8-9)11(2-1-7-22-12)18-15(19)13-5-6-14(23-13)24(17,20)21/h3-6,8,11H,1-2,7H2,(H,18,19)(H2,17,20,21)/t11-/m0/s1. The first-order valence-electron chi connectivity index (χ1n) is 7.20. The van der Waals surface area contributed by atoms with Crippen molar-refractivity contribution in [1.82, 2.24) is 5.32 Å². The molecule has 1 aromatic carbocycles. The Labute approximate surface area is 137 Å². The number of amides is 1. The van der Waals surface area contributed by atoms with Gasteiger partial charge in [-0.1, -0.05) is 0 Å². The maximum Gasteiger partial charge on any atom is 0.287 e. The first-order valence-corrected chi connectivity index (χ1v) is 8.75. The van der Waals surface area contributed by atoms with Gasteiger partial charge in [-0.15, -0.1) is 0 Å². The minimum Gasteiger partial charge on any atom is -0.493 e. The van der Waals surface area contributed by atoms with Gasteiger partial charge >= 0.3 is 0 Å². The molecule has 0 fully saturated rings. The lowest BCUT2D eigenvalue weighted by Gasteiger charge is -2.17. The van der Waals surface area contributed by atoms with Crippen LogP contribution >= 0.6 is 0 Å². The third kappa shape index (κ3) is 3.41. The van der Waals surface area contributed by atoms with Gasteiger partial charge in [0.15, 0.2) is 5.76 Å². The quantitative estimate of drug-likeness (QED) is 0.871. The first-order chi connectivity index (χ1) is 11.3. The van der Waals surface area contributed by atoms with E-state index in [-0.39, 0.29) is 5.76 Å². The summed E-state index contributed by atoms with van der Waals surface area (Å²) >= 11 is 0. The van der Waals surface area contributed by atoms with Crippen LogP contribution in [0.4, 0.5) is 4.39 Å². The first kappa shape index (κ1) is 16.5. The molecule has 2 heterocycles. The molecular formula is C15H15FN2O5S. The normalized spacial score (nSPS) is 17.5. The maximum atomic E-state index is 13.5. The maximum absolute atomic E-state index is 13.5. The Bertz CT molecular complexity index is 878. The molecule has 3 rings (SSSR count). The van der Waals surface area contributed by atoms with E-state index in [9.17, 15) is 17.6 Å². The minimum atomic E-state index is -4.02. The summed E-state index contributed by atoms with van der Waals surface area (Å²) in [6.07, 6.45) is 1.22. The number of carbonyl (C=O) groups excluding carboxylic acids is 1. The lowest BCUT2D eigenvalue weighted by molar-refractivity contribution is 0.0901. The Kier molecular flexibility index (Phi) is 4.29. The number of ether oxygens (including phenoxy) is 1. The molecule has 1 aromatic heterocycles. The lowest BCUT2D eigenvalue weighted by atomic mass is 10.0. The van der Waals surface area contributed by atoms with Gasteiger partial charge in [0.2, 0.25) is 5.09 Å². The molecule has 2 aromatic rings. The van der Waals surface area contributed by atoms with E-state index in [1.165, 1.54) is 24.3 Å². The number of primary sulfonamides is 1. The predicted octanol–water partition coefficient (Wildman–Crippen LogP) is 1.71. The molecule has 128 valence electrons. The Morgan fingerprint density at radius 2 is 2.08 bits per heavy atom. The van der Waals surface area contributed by atoms with Gasteiger partial charge in [-0.05, 0) is 43.2 Å². The Balaban J connectivity index is 1.84. The number of halogens is 1. The van der Waals surface area contributed by atoms with Crippen LogP contribution in [0.2, 0.25) is 0 Å². The van der Waals surface area contributed by atoms with Gasteiger partial charge < -0.3 is 14.5 Å². The van der Waals surface area contributed by atoms with Crippen molar-refractivity contribution in [2.75, 3.05) is 6.61 Å². The van der Waals surface area contributed by atoms with E-state index in [1.807, 2.05) is 0 Å². The van der Waals surface area contributed by atoms with E-state index in [4.69, 9.17) is 14.3 Å². The van der Waals surface area contributed by atoms with Gasteiger partial charge in [0.25, 0.3) is 15.9 Å². The second-order valence-corrected chi connectivity index (χ2v) is 6.85. The number of nitrogens with two attached hydrogens (primary N) is 1. The molecule has 0 spiro atoms. The second-order valence-electron chi connectivity index (χ2n) is 5.36. The van der Waals surface area contributed by atoms with Gasteiger partial charge in [0, 0.05) is 5.56 Å². The highest BCUT2D eigenvalue weighted by molar-refractivity contribution is 7.89. The summed E-state index contributed by atoms with van der Waals surface area (Å²) in [6, 6.07) is 5.95. The van der Waals surface area contributed by atoms with E-state index in [2.05, 4.69) is 5.32 Å². The van der Waals surface area contributed by atoms with Crippen molar-refractivity contribution in [3.63, 3.8) is 0 Å². The highest BCUT2D eigenvalue weighted by Crippen LogP contribution is 2.32. The Hall–Kier alpha value is -2.39. The molecule has 1 aliphatic rings. The van der Waals surface area contributed by atoms with Crippen LogP contribution < -0.4 is 15.2 Å². The van der Waals surface area contributed by atoms with Gasteiger partial charge in [-0.25, -0.2) is 17.9 Å². The van der Waals surface area contributed by atoms with Gasteiger partial charge in [-0.3, -0.25) is 4.79 Å². The summed E-state index contributed by atoms with van der Waals surface area (Å²) in [5.41, 5.74) is 0.527. The highest BCUT2D eigenvalue weighted by atomic mass is 32.2. The molecule has 0 saturated carbocycles. The zero-order valence-electron chi connectivity index (χ0n) is 12.5. The van der Waals surface area contributed by atoms with Crippen LogP contribution in [-0.2, 0) is 10.0 Å². The van der Waals surface area contributed by atoms with Crippen LogP contribution in [0.15, 0.2) is 39.8 Å². The molecule has 0 aliphatic carbocycles. The molecular weight excluding hydrogens is 339 g/mol. The van der Waals surface area contributed by atoms with E-state index >= 15 is 0 Å². The summed E-state index contributed by atoms with van der Waals surface area (Å²) in [5.74, 6) is -0.744. The molecule has 0 bridgehead atoms. The number of benzene rings is 1. The number of fused-ring (bicyclic) bond motifs is 1. The summed E-state index contributed by atoms with van der Waals surface area (Å²) in [6.45, 7) is 0.460. The SMILES string of the molecule is NS(=O)(=O)c1ccc(C(=O)N[C@H]2CCCOc3ccc(F)cc32)o1. The molecule has 1 aliphatic heterocycles. The van der Waals surface area contributed by atoms with Crippen LogP contribution in [0, 0.1) is 5.82 Å². The lowest BCUT2D eigenvalue weighted by Crippen LogP contribution is -2.28. The van der Waals surface area contributed by atoms with Gasteiger partial charge in [-0.2, -0.15) is 0 Å². The zero-order chi connectivity index (χ0) is 17.3. The van der Waals surface area contributed by atoms with E-state index in [0.29, 0.717) is 30.8 Å². The minimum absolute atomic E-state index is 0.192. The van der Waals surface area contributed by atoms with Crippen molar-refractivity contribution >= 4 is 15.9 Å². The number of nitrogens with one attached hydrogen (secondary N) is 1. The molecule has 0 unspecified atom stereocenters. The van der Waals surface area contributed by atoms with E-state index < -0.39 is 32.9 Å². The predicted molar refractivity (Wildman–Crippen MR) is 81.4 cm³/mol. The molecule has 9 heteroatoms. The van der Waals surface area contributed by atoms with Crippen molar-refractivity contribution in [2.45, 2.75) is 24.0 Å². The topological polar surface area (TPSA) is 112 Å². The summed E-state index contributed by atoms with van der Waals surface area (Å²) in [4.78, 5) is 12.3. The van der Waals surface area contributed by atoms with Crippen LogP contribution in [0.25, 0.3) is 0 Å². The zero-order valence-corrected chi connectivity index (χ0v) is 13.3. The number of furan rings is 1. The van der Waals surface area contributed by atoms with Crippen molar-refractivity contribution < 1.29 is 26.8 Å². The van der Waals surface area contributed by atoms with Gasteiger partial charge in [0.1, 0.15) is 11.6 Å². The van der Waals surface area contributed by atoms with Crippen molar-refractivity contribution in [3.05, 3.63) is 47.5 Å². The average Bonchev–Trinajstić information content (AvgIpc) is 2.94. The molecule has 3 N–H and O–H groups in total. The van der Waals surface area contributed by atoms with Crippen LogP contribution in [-0.4, -0.2) is 20.9 Å². The molecule has 7 nitrogen and oxygen atoms in total. The molecule has 24 heavy (non-hydrogen) atoms. The summed E-state index contributed by atoms with van der Waals surface area (Å²) in [5, 5.41) is 7.16. The second kappa shape index (κ2) is 6.25. The molecule has 0 saturated heterocycles. The molecule has 1 amide bonds. The number of hydrogen-bond acceptors (Lipinski definition) is 5. The van der Waals surface area contributed by atoms with Crippen LogP contribution in [0.3, 0.4) is 0 Å². The smallest absolute Gasteiger partial charge is 0.287 e. The summed E-state index contributed by atoms with van der Waals surface area (Å²) in [7, 11) is -4.02. The van der Waals surface area contributed by atoms with Gasteiger partial charge in [0.05, 0.1) is 12.6 Å². The number of carbonyl (C=O) groups is 1. The Morgan fingerprint density at radius 3 is 2.79 bits per heavy atom. The fourth-order valence-corrected chi connectivity index (χ4v) is 2.99. The molecule has 1 atom stereocenters. The third-order valence-electron chi connectivity index (χ3n) is 3.63. The number of sulfonamides is 1. The van der Waals surface area contributed by atoms with Crippen LogP contribution in [0.5, 0.6) is 5.75 Å². The van der Waals surface area contributed by atoms with E-state index in [0.717, 1.165) is 6.07 Å². The van der Waals surface area contributed by atoms with Crippen LogP contribution in [0.1, 0.15) is 35.0 Å². The van der Waals surface area contributed by atoms with Crippen molar-refractivity contribution in [2.24, 2.45) is 5.14 Å². The average molecular weight is 354 g/mol. The highest BCUT2D eigenvalue weighted by Gasteiger charge is 2.24. The third-order valence-corrected chi connectivity index (χ3v) is 4.41. The largest absolute Gasteiger partial charge is 0.493 e. The number of rotatable bonds is 3. The van der Waals surface area contributed by atoms with E-state index in [1.54, 1.807) is 0 Å². The fraction of sp³-hybridized carbons (Fsp3) is 0.267. The monoisotopic (exact) mass is 354 g/mol. The molecule has 0 radical (unpaired) electrons. The number of hydrogen-bond donors (Lipinski definition) is 2. The summed E-state index contributed by atoms with van der Waals surface area (Å²) < 4.78 is 46.4. The Morgan fingerprint density at radius 1 is 1.29 bits per heavy atom.